The maximum atomic E-state index is 13.0. The summed E-state index contributed by atoms with van der Waals surface area (Å²) in [7, 11) is 0. The van der Waals surface area contributed by atoms with Gasteiger partial charge in [-0.3, -0.25) is 0 Å². The van der Waals surface area contributed by atoms with Crippen LogP contribution in [0.4, 0.5) is 10.6 Å². The van der Waals surface area contributed by atoms with Crippen molar-refractivity contribution < 1.29 is 9.53 Å². The first-order chi connectivity index (χ1) is 14.3. The summed E-state index contributed by atoms with van der Waals surface area (Å²) in [5.74, 6) is 0.944. The Kier molecular flexibility index (Phi) is 4.58. The maximum Gasteiger partial charge on any atom is 0.410 e. The quantitative estimate of drug-likeness (QED) is 0.736. The number of anilines is 1. The van der Waals surface area contributed by atoms with Crippen LogP contribution in [0.15, 0.2) is 48.9 Å². The van der Waals surface area contributed by atoms with Crippen LogP contribution in [0.5, 0.6) is 0 Å². The Hall–Kier alpha value is -3.09. The molecule has 1 aromatic carbocycles. The fraction of sp³-hybridized carbons (Fsp3) is 0.409. The lowest BCUT2D eigenvalue weighted by atomic mass is 9.86. The number of benzene rings is 1. The molecule has 2 aromatic heterocycles. The molecule has 2 fully saturated rings. The summed E-state index contributed by atoms with van der Waals surface area (Å²) in [6.07, 6.45) is 7.34. The van der Waals surface area contributed by atoms with Gasteiger partial charge >= 0.3 is 6.09 Å². The third kappa shape index (κ3) is 3.30. The van der Waals surface area contributed by atoms with Crippen molar-refractivity contribution in [3.63, 3.8) is 0 Å². The first-order valence-electron chi connectivity index (χ1n) is 10.3. The summed E-state index contributed by atoms with van der Waals surface area (Å²) in [5, 5.41) is 1.03. The minimum atomic E-state index is -0.206. The molecule has 150 valence electrons. The van der Waals surface area contributed by atoms with Crippen LogP contribution in [-0.4, -0.2) is 51.1 Å². The lowest BCUT2D eigenvalue weighted by Crippen LogP contribution is -2.57. The molecule has 2 aliphatic heterocycles. The molecule has 7 nitrogen and oxygen atoms in total. The second-order valence-electron chi connectivity index (χ2n) is 7.98. The second-order valence-corrected chi connectivity index (χ2v) is 7.98. The highest BCUT2D eigenvalue weighted by Gasteiger charge is 2.47. The number of nitrogens with one attached hydrogen (secondary N) is 1. The molecule has 0 radical (unpaired) electrons. The van der Waals surface area contributed by atoms with Gasteiger partial charge in [-0.15, -0.1) is 0 Å². The molecule has 29 heavy (non-hydrogen) atoms. The van der Waals surface area contributed by atoms with Crippen molar-refractivity contribution in [3.8, 4) is 0 Å². The fourth-order valence-corrected chi connectivity index (χ4v) is 4.85. The number of carbonyl (C=O) groups excluding carboxylic acids is 1. The topological polar surface area (TPSA) is 74.3 Å². The summed E-state index contributed by atoms with van der Waals surface area (Å²) >= 11 is 0. The lowest BCUT2D eigenvalue weighted by molar-refractivity contribution is 0.0585. The van der Waals surface area contributed by atoms with Gasteiger partial charge in [-0.2, -0.15) is 0 Å². The molecule has 4 heterocycles. The summed E-state index contributed by atoms with van der Waals surface area (Å²) < 4.78 is 5.68. The third-order valence-electron chi connectivity index (χ3n) is 6.21. The average Bonchev–Trinajstić information content (AvgIpc) is 3.40. The Morgan fingerprint density at radius 2 is 1.93 bits per heavy atom. The third-order valence-corrected chi connectivity index (χ3v) is 6.21. The average molecular weight is 391 g/mol. The normalized spacial score (nSPS) is 21.8. The minimum Gasteiger partial charge on any atom is -0.445 e. The number of amides is 1. The zero-order valence-corrected chi connectivity index (χ0v) is 16.4. The van der Waals surface area contributed by atoms with Crippen LogP contribution in [-0.2, 0) is 11.3 Å². The van der Waals surface area contributed by atoms with Gasteiger partial charge in [0, 0.05) is 25.8 Å². The largest absolute Gasteiger partial charge is 0.445 e. The van der Waals surface area contributed by atoms with E-state index < -0.39 is 0 Å². The highest BCUT2D eigenvalue weighted by Crippen LogP contribution is 2.39. The molecule has 0 aliphatic carbocycles. The summed E-state index contributed by atoms with van der Waals surface area (Å²) in [6.45, 7) is 2.79. The fourth-order valence-electron chi connectivity index (χ4n) is 4.85. The van der Waals surface area contributed by atoms with Crippen molar-refractivity contribution >= 4 is 22.9 Å². The molecule has 0 saturated carbocycles. The molecular weight excluding hydrogens is 366 g/mol. The molecule has 1 amide bonds. The van der Waals surface area contributed by atoms with Crippen LogP contribution in [0.1, 0.15) is 31.2 Å². The standard InChI is InChI=1S/C22H25N5O2/c28-21(29-14-17-6-2-1-3-7-17)27-13-5-10-22(27)9-4-12-26(15-22)20-18-8-11-23-19(18)24-16-25-20/h1-3,6-8,11,16H,4-5,9-10,12-15H2,(H,23,24,25). The molecule has 1 spiro atoms. The number of aromatic amines is 1. The number of fused-ring (bicyclic) bond motifs is 1. The molecule has 1 unspecified atom stereocenters. The van der Waals surface area contributed by atoms with Gasteiger partial charge < -0.3 is 19.5 Å². The second kappa shape index (κ2) is 7.39. The zero-order chi connectivity index (χ0) is 19.7. The summed E-state index contributed by atoms with van der Waals surface area (Å²) in [5.41, 5.74) is 1.68. The predicted octanol–water partition coefficient (Wildman–Crippen LogP) is 3.73. The number of H-pyrrole nitrogens is 1. The molecule has 1 N–H and O–H groups in total. The number of nitrogens with zero attached hydrogens (tertiary/aromatic N) is 4. The maximum absolute atomic E-state index is 13.0. The van der Waals surface area contributed by atoms with E-state index in [0.717, 1.165) is 67.7 Å². The van der Waals surface area contributed by atoms with E-state index in [1.165, 1.54) is 0 Å². The van der Waals surface area contributed by atoms with E-state index in [1.54, 1.807) is 6.33 Å². The number of rotatable bonds is 3. The Balaban J connectivity index is 1.34. The van der Waals surface area contributed by atoms with E-state index in [2.05, 4.69) is 19.9 Å². The molecule has 2 aliphatic rings. The van der Waals surface area contributed by atoms with Crippen LogP contribution in [0.2, 0.25) is 0 Å². The Labute approximate surface area is 169 Å². The highest BCUT2D eigenvalue weighted by atomic mass is 16.6. The monoisotopic (exact) mass is 391 g/mol. The highest BCUT2D eigenvalue weighted by molar-refractivity contribution is 5.87. The van der Waals surface area contributed by atoms with E-state index in [9.17, 15) is 4.79 Å². The number of piperidine rings is 1. The van der Waals surface area contributed by atoms with Gasteiger partial charge in [-0.25, -0.2) is 14.8 Å². The number of ether oxygens (including phenoxy) is 1. The van der Waals surface area contributed by atoms with Crippen LogP contribution in [0, 0.1) is 0 Å². The van der Waals surface area contributed by atoms with Crippen LogP contribution >= 0.6 is 0 Å². The van der Waals surface area contributed by atoms with Gasteiger partial charge in [0.1, 0.15) is 24.4 Å². The van der Waals surface area contributed by atoms with E-state index >= 15 is 0 Å². The van der Waals surface area contributed by atoms with Crippen LogP contribution < -0.4 is 4.90 Å². The number of aromatic nitrogens is 3. The van der Waals surface area contributed by atoms with Crippen LogP contribution in [0.25, 0.3) is 11.0 Å². The Morgan fingerprint density at radius 1 is 1.10 bits per heavy atom. The molecule has 1 atom stereocenters. The van der Waals surface area contributed by atoms with E-state index in [-0.39, 0.29) is 11.6 Å². The van der Waals surface area contributed by atoms with Crippen molar-refractivity contribution in [1.82, 2.24) is 19.9 Å². The Bertz CT molecular complexity index is 1000. The zero-order valence-electron chi connectivity index (χ0n) is 16.4. The lowest BCUT2D eigenvalue weighted by Gasteiger charge is -2.45. The number of likely N-dealkylation sites (tertiary alicyclic amines) is 1. The van der Waals surface area contributed by atoms with Gasteiger partial charge in [0.25, 0.3) is 0 Å². The number of hydrogen-bond donors (Lipinski definition) is 1. The first kappa shape index (κ1) is 18.0. The van der Waals surface area contributed by atoms with E-state index in [0.29, 0.717) is 6.61 Å². The Morgan fingerprint density at radius 3 is 2.79 bits per heavy atom. The summed E-state index contributed by atoms with van der Waals surface area (Å²) in [6, 6.07) is 11.9. The van der Waals surface area contributed by atoms with Crippen molar-refractivity contribution in [2.24, 2.45) is 0 Å². The number of carbonyl (C=O) groups is 1. The predicted molar refractivity (Wildman–Crippen MR) is 111 cm³/mol. The molecule has 5 rings (SSSR count). The van der Waals surface area contributed by atoms with Crippen molar-refractivity contribution in [2.75, 3.05) is 24.5 Å². The molecule has 0 bridgehead atoms. The molecule has 7 heteroatoms. The smallest absolute Gasteiger partial charge is 0.410 e. The SMILES string of the molecule is O=C(OCc1ccccc1)N1CCCC12CCCN(c1ncnc3[nH]ccc13)C2. The van der Waals surface area contributed by atoms with E-state index in [4.69, 9.17) is 4.74 Å². The van der Waals surface area contributed by atoms with Gasteiger partial charge in [0.15, 0.2) is 0 Å². The van der Waals surface area contributed by atoms with Gasteiger partial charge in [-0.05, 0) is 37.3 Å². The van der Waals surface area contributed by atoms with Gasteiger partial charge in [-0.1, -0.05) is 30.3 Å². The summed E-state index contributed by atoms with van der Waals surface area (Å²) in [4.78, 5) is 29.3. The van der Waals surface area contributed by atoms with Gasteiger partial charge in [0.05, 0.1) is 10.9 Å². The first-order valence-corrected chi connectivity index (χ1v) is 10.3. The van der Waals surface area contributed by atoms with Crippen LogP contribution in [0.3, 0.4) is 0 Å². The molecular formula is C22H25N5O2. The minimum absolute atomic E-state index is 0.181. The molecule has 2 saturated heterocycles. The van der Waals surface area contributed by atoms with Crippen molar-refractivity contribution in [2.45, 2.75) is 37.8 Å². The van der Waals surface area contributed by atoms with Crippen molar-refractivity contribution in [3.05, 3.63) is 54.5 Å². The van der Waals surface area contributed by atoms with Crippen molar-refractivity contribution in [1.29, 1.82) is 0 Å². The number of hydrogen-bond acceptors (Lipinski definition) is 5. The van der Waals surface area contributed by atoms with E-state index in [1.807, 2.05) is 47.5 Å². The molecule has 3 aromatic rings. The van der Waals surface area contributed by atoms with Gasteiger partial charge in [0.2, 0.25) is 0 Å².